The SMILES string of the molecule is Cc1nc(C2CCN(CCc3ccccc3)CC2)ncc1C(=O)N1CCCC1. The van der Waals surface area contributed by atoms with Gasteiger partial charge in [-0.05, 0) is 57.7 Å². The molecule has 0 bridgehead atoms. The summed E-state index contributed by atoms with van der Waals surface area (Å²) in [6.07, 6.45) is 7.26. The van der Waals surface area contributed by atoms with E-state index in [2.05, 4.69) is 40.2 Å². The van der Waals surface area contributed by atoms with Gasteiger partial charge in [-0.15, -0.1) is 0 Å². The zero-order valence-electron chi connectivity index (χ0n) is 16.8. The van der Waals surface area contributed by atoms with Gasteiger partial charge in [0.25, 0.3) is 5.91 Å². The molecule has 1 aromatic heterocycles. The standard InChI is InChI=1S/C23H30N4O/c1-18-21(23(28)27-12-5-6-13-27)17-24-22(25-18)20-10-15-26(16-11-20)14-9-19-7-3-2-4-8-19/h2-4,7-8,17,20H,5-6,9-16H2,1H3. The van der Waals surface area contributed by atoms with Crippen molar-refractivity contribution in [3.63, 3.8) is 0 Å². The molecule has 1 aromatic carbocycles. The first-order valence-electron chi connectivity index (χ1n) is 10.6. The minimum atomic E-state index is 0.0947. The van der Waals surface area contributed by atoms with Gasteiger partial charge < -0.3 is 9.80 Å². The van der Waals surface area contributed by atoms with E-state index in [4.69, 9.17) is 4.98 Å². The van der Waals surface area contributed by atoms with Crippen LogP contribution in [0.5, 0.6) is 0 Å². The molecule has 0 spiro atoms. The van der Waals surface area contributed by atoms with E-state index in [1.807, 2.05) is 11.8 Å². The van der Waals surface area contributed by atoms with Gasteiger partial charge in [-0.2, -0.15) is 0 Å². The number of carbonyl (C=O) groups is 1. The molecule has 148 valence electrons. The minimum absolute atomic E-state index is 0.0947. The Morgan fingerprint density at radius 3 is 2.46 bits per heavy atom. The smallest absolute Gasteiger partial charge is 0.257 e. The maximum atomic E-state index is 12.6. The number of benzene rings is 1. The molecule has 0 N–H and O–H groups in total. The summed E-state index contributed by atoms with van der Waals surface area (Å²) in [5.74, 6) is 1.41. The van der Waals surface area contributed by atoms with Crippen LogP contribution in [0.2, 0.25) is 0 Å². The van der Waals surface area contributed by atoms with Gasteiger partial charge in [0.05, 0.1) is 11.3 Å². The Labute approximate surface area is 167 Å². The lowest BCUT2D eigenvalue weighted by atomic mass is 9.95. The number of rotatable bonds is 5. The number of aryl methyl sites for hydroxylation is 1. The quantitative estimate of drug-likeness (QED) is 0.800. The summed E-state index contributed by atoms with van der Waals surface area (Å²) in [6, 6.07) is 10.7. The van der Waals surface area contributed by atoms with E-state index in [-0.39, 0.29) is 5.91 Å². The highest BCUT2D eigenvalue weighted by molar-refractivity contribution is 5.95. The van der Waals surface area contributed by atoms with E-state index < -0.39 is 0 Å². The van der Waals surface area contributed by atoms with Crippen LogP contribution in [0.3, 0.4) is 0 Å². The molecule has 28 heavy (non-hydrogen) atoms. The summed E-state index contributed by atoms with van der Waals surface area (Å²) in [4.78, 5) is 26.4. The number of likely N-dealkylation sites (tertiary alicyclic amines) is 2. The molecule has 5 nitrogen and oxygen atoms in total. The molecular formula is C23H30N4O. The highest BCUT2D eigenvalue weighted by Crippen LogP contribution is 2.26. The fourth-order valence-corrected chi connectivity index (χ4v) is 4.33. The van der Waals surface area contributed by atoms with Gasteiger partial charge in [-0.3, -0.25) is 4.79 Å². The van der Waals surface area contributed by atoms with Crippen molar-refractivity contribution in [2.75, 3.05) is 32.7 Å². The molecule has 2 fully saturated rings. The van der Waals surface area contributed by atoms with E-state index in [1.165, 1.54) is 5.56 Å². The number of carbonyl (C=O) groups excluding carboxylic acids is 1. The number of hydrogen-bond donors (Lipinski definition) is 0. The lowest BCUT2D eigenvalue weighted by Crippen LogP contribution is -2.35. The third kappa shape index (κ3) is 4.41. The van der Waals surface area contributed by atoms with Gasteiger partial charge >= 0.3 is 0 Å². The van der Waals surface area contributed by atoms with Gasteiger partial charge in [0, 0.05) is 31.7 Å². The lowest BCUT2D eigenvalue weighted by Gasteiger charge is -2.31. The topological polar surface area (TPSA) is 49.3 Å². The second-order valence-electron chi connectivity index (χ2n) is 8.08. The fraction of sp³-hybridized carbons (Fsp3) is 0.522. The van der Waals surface area contributed by atoms with Crippen molar-refractivity contribution in [3.05, 3.63) is 59.2 Å². The van der Waals surface area contributed by atoms with Crippen LogP contribution in [0.25, 0.3) is 0 Å². The monoisotopic (exact) mass is 378 g/mol. The Morgan fingerprint density at radius 1 is 1.07 bits per heavy atom. The third-order valence-corrected chi connectivity index (χ3v) is 6.13. The summed E-state index contributed by atoms with van der Waals surface area (Å²) >= 11 is 0. The second kappa shape index (κ2) is 8.82. The van der Waals surface area contributed by atoms with E-state index in [1.54, 1.807) is 6.20 Å². The maximum Gasteiger partial charge on any atom is 0.257 e. The van der Waals surface area contributed by atoms with Gasteiger partial charge in [-0.1, -0.05) is 30.3 Å². The molecular weight excluding hydrogens is 348 g/mol. The summed E-state index contributed by atoms with van der Waals surface area (Å²) in [5, 5.41) is 0. The first-order chi connectivity index (χ1) is 13.7. The molecule has 5 heteroatoms. The predicted molar refractivity (Wildman–Crippen MR) is 110 cm³/mol. The van der Waals surface area contributed by atoms with Crippen LogP contribution in [0, 0.1) is 6.92 Å². The van der Waals surface area contributed by atoms with Crippen molar-refractivity contribution in [1.29, 1.82) is 0 Å². The molecule has 4 rings (SSSR count). The van der Waals surface area contributed by atoms with Crippen LogP contribution in [0.1, 0.15) is 59.0 Å². The number of amides is 1. The van der Waals surface area contributed by atoms with Crippen molar-refractivity contribution in [2.24, 2.45) is 0 Å². The zero-order chi connectivity index (χ0) is 19.3. The van der Waals surface area contributed by atoms with E-state index in [0.717, 1.165) is 76.3 Å². The van der Waals surface area contributed by atoms with Crippen LogP contribution < -0.4 is 0 Å². The summed E-state index contributed by atoms with van der Waals surface area (Å²) in [7, 11) is 0. The molecule has 0 unspecified atom stereocenters. The largest absolute Gasteiger partial charge is 0.339 e. The molecule has 0 radical (unpaired) electrons. The van der Waals surface area contributed by atoms with Crippen LogP contribution in [0.4, 0.5) is 0 Å². The molecule has 2 saturated heterocycles. The van der Waals surface area contributed by atoms with Crippen LogP contribution in [-0.4, -0.2) is 58.4 Å². The third-order valence-electron chi connectivity index (χ3n) is 6.13. The van der Waals surface area contributed by atoms with Crippen LogP contribution in [-0.2, 0) is 6.42 Å². The second-order valence-corrected chi connectivity index (χ2v) is 8.08. The Kier molecular flexibility index (Phi) is 6.01. The van der Waals surface area contributed by atoms with E-state index in [9.17, 15) is 4.79 Å². The molecule has 2 aliphatic heterocycles. The Morgan fingerprint density at radius 2 is 1.79 bits per heavy atom. The molecule has 1 amide bonds. The number of nitrogens with zero attached hydrogens (tertiary/aromatic N) is 4. The van der Waals surface area contributed by atoms with Gasteiger partial charge in [0.15, 0.2) is 0 Å². The zero-order valence-corrected chi connectivity index (χ0v) is 16.8. The lowest BCUT2D eigenvalue weighted by molar-refractivity contribution is 0.0791. The first kappa shape index (κ1) is 19.1. The van der Waals surface area contributed by atoms with E-state index >= 15 is 0 Å². The number of aromatic nitrogens is 2. The highest BCUT2D eigenvalue weighted by atomic mass is 16.2. The average molecular weight is 379 g/mol. The molecule has 0 aliphatic carbocycles. The highest BCUT2D eigenvalue weighted by Gasteiger charge is 2.25. The predicted octanol–water partition coefficient (Wildman–Crippen LogP) is 3.44. The first-order valence-corrected chi connectivity index (χ1v) is 10.6. The molecule has 2 aromatic rings. The molecule has 2 aliphatic rings. The van der Waals surface area contributed by atoms with E-state index in [0.29, 0.717) is 11.5 Å². The Bertz CT molecular complexity index is 794. The maximum absolute atomic E-state index is 12.6. The number of piperidine rings is 1. The summed E-state index contributed by atoms with van der Waals surface area (Å²) in [6.45, 7) is 6.97. The average Bonchev–Trinajstić information content (AvgIpc) is 3.28. The Balaban J connectivity index is 1.31. The molecule has 3 heterocycles. The number of hydrogen-bond acceptors (Lipinski definition) is 4. The van der Waals surface area contributed by atoms with Gasteiger partial charge in [0.1, 0.15) is 5.82 Å². The van der Waals surface area contributed by atoms with Crippen LogP contribution >= 0.6 is 0 Å². The van der Waals surface area contributed by atoms with Crippen LogP contribution in [0.15, 0.2) is 36.5 Å². The van der Waals surface area contributed by atoms with Crippen molar-refractivity contribution >= 4 is 5.91 Å². The minimum Gasteiger partial charge on any atom is -0.339 e. The molecule has 0 atom stereocenters. The van der Waals surface area contributed by atoms with Crippen molar-refractivity contribution < 1.29 is 4.79 Å². The molecule has 0 saturated carbocycles. The normalized spacial score (nSPS) is 18.5. The summed E-state index contributed by atoms with van der Waals surface area (Å²) in [5.41, 5.74) is 2.90. The van der Waals surface area contributed by atoms with Crippen molar-refractivity contribution in [2.45, 2.75) is 44.9 Å². The Hall–Kier alpha value is -2.27. The van der Waals surface area contributed by atoms with Gasteiger partial charge in [-0.25, -0.2) is 9.97 Å². The van der Waals surface area contributed by atoms with Crippen molar-refractivity contribution in [1.82, 2.24) is 19.8 Å². The summed E-state index contributed by atoms with van der Waals surface area (Å²) < 4.78 is 0. The van der Waals surface area contributed by atoms with Crippen molar-refractivity contribution in [3.8, 4) is 0 Å². The fourth-order valence-electron chi connectivity index (χ4n) is 4.33. The van der Waals surface area contributed by atoms with Gasteiger partial charge in [0.2, 0.25) is 0 Å².